The maximum atomic E-state index is 12.2. The fraction of sp³-hybridized carbons (Fsp3) is 0.500. The van der Waals surface area contributed by atoms with E-state index in [4.69, 9.17) is 14.6 Å². The molecule has 0 radical (unpaired) electrons. The van der Waals surface area contributed by atoms with Gasteiger partial charge in [0.25, 0.3) is 0 Å². The number of methoxy groups -OCH3 is 2. The van der Waals surface area contributed by atoms with Gasteiger partial charge in [0.05, 0.1) is 20.6 Å². The zero-order valence-electron chi connectivity index (χ0n) is 12.8. The highest BCUT2D eigenvalue weighted by molar-refractivity contribution is 7.90. The Kier molecular flexibility index (Phi) is 4.88. The Morgan fingerprint density at radius 1 is 1.19 bits per heavy atom. The van der Waals surface area contributed by atoms with E-state index < -0.39 is 21.2 Å². The Morgan fingerprint density at radius 3 is 2.05 bits per heavy atom. The van der Waals surface area contributed by atoms with Crippen LogP contribution in [0.1, 0.15) is 25.8 Å². The minimum Gasteiger partial charge on any atom is -0.496 e. The largest absolute Gasteiger partial charge is 0.496 e. The van der Waals surface area contributed by atoms with Crippen molar-refractivity contribution in [2.24, 2.45) is 0 Å². The molecule has 0 atom stereocenters. The molecule has 1 rings (SSSR count). The fourth-order valence-corrected chi connectivity index (χ4v) is 3.62. The Hall–Kier alpha value is -1.76. The van der Waals surface area contributed by atoms with Gasteiger partial charge in [-0.1, -0.05) is 13.8 Å². The lowest BCUT2D eigenvalue weighted by molar-refractivity contribution is -0.138. The van der Waals surface area contributed by atoms with Crippen LogP contribution in [0.5, 0.6) is 11.5 Å². The highest BCUT2D eigenvalue weighted by Crippen LogP contribution is 2.43. The van der Waals surface area contributed by atoms with Crippen molar-refractivity contribution in [3.05, 3.63) is 17.7 Å². The average Bonchev–Trinajstić information content (AvgIpc) is 2.34. The summed E-state index contributed by atoms with van der Waals surface area (Å²) in [5.41, 5.74) is -0.626. The lowest BCUT2D eigenvalue weighted by Gasteiger charge is -2.28. The number of rotatable bonds is 6. The maximum absolute atomic E-state index is 12.2. The van der Waals surface area contributed by atoms with Crippen LogP contribution < -0.4 is 9.47 Å². The molecular weight excluding hydrogens is 296 g/mol. The number of hydrogen-bond donors (Lipinski definition) is 1. The van der Waals surface area contributed by atoms with E-state index in [0.29, 0.717) is 11.3 Å². The fourth-order valence-electron chi connectivity index (χ4n) is 2.35. The van der Waals surface area contributed by atoms with Crippen molar-refractivity contribution in [3.63, 3.8) is 0 Å². The minimum atomic E-state index is -3.63. The van der Waals surface area contributed by atoms with Gasteiger partial charge < -0.3 is 14.6 Å². The first-order chi connectivity index (χ1) is 9.54. The summed E-state index contributed by atoms with van der Waals surface area (Å²) < 4.78 is 34.7. The van der Waals surface area contributed by atoms with E-state index in [1.54, 1.807) is 19.9 Å². The van der Waals surface area contributed by atoms with E-state index in [9.17, 15) is 13.2 Å². The Bertz CT molecular complexity index is 646. The van der Waals surface area contributed by atoms with Crippen LogP contribution in [0.25, 0.3) is 0 Å². The summed E-state index contributed by atoms with van der Waals surface area (Å²) in [5.74, 6) is -0.529. The van der Waals surface area contributed by atoms with Gasteiger partial charge in [-0.2, -0.15) is 0 Å². The summed E-state index contributed by atoms with van der Waals surface area (Å²) >= 11 is 0. The second kappa shape index (κ2) is 5.93. The summed E-state index contributed by atoms with van der Waals surface area (Å²) in [6.07, 6.45) is 0.823. The van der Waals surface area contributed by atoms with Crippen LogP contribution in [0.2, 0.25) is 0 Å². The molecule has 0 spiro atoms. The maximum Gasteiger partial charge on any atom is 0.304 e. The lowest BCUT2D eigenvalue weighted by Crippen LogP contribution is -2.25. The molecule has 0 bridgehead atoms. The SMILES string of the molecule is COc1ccc(OC)c(S(C)(=O)=O)c1C(C)(C)CC(=O)O. The molecule has 118 valence electrons. The monoisotopic (exact) mass is 316 g/mol. The second-order valence-corrected chi connectivity index (χ2v) is 7.35. The van der Waals surface area contributed by atoms with Gasteiger partial charge in [-0.25, -0.2) is 8.42 Å². The molecule has 21 heavy (non-hydrogen) atoms. The molecule has 0 saturated carbocycles. The van der Waals surface area contributed by atoms with E-state index in [-0.39, 0.29) is 17.1 Å². The number of ether oxygens (including phenoxy) is 2. The molecule has 0 saturated heterocycles. The van der Waals surface area contributed by atoms with Crippen molar-refractivity contribution in [2.75, 3.05) is 20.5 Å². The van der Waals surface area contributed by atoms with Crippen LogP contribution in [-0.2, 0) is 20.0 Å². The predicted octanol–water partition coefficient (Wildman–Crippen LogP) is 1.86. The molecule has 1 N–H and O–H groups in total. The standard InChI is InChI=1S/C14H20O6S/c1-14(2,8-11(15)16)12-9(19-3)6-7-10(20-4)13(12)21(5,17)18/h6-7H,8H2,1-5H3,(H,15,16). The van der Waals surface area contributed by atoms with E-state index >= 15 is 0 Å². The number of hydrogen-bond acceptors (Lipinski definition) is 5. The minimum absolute atomic E-state index is 0.0319. The molecule has 7 heteroatoms. The normalized spacial score (nSPS) is 12.0. The van der Waals surface area contributed by atoms with Crippen LogP contribution >= 0.6 is 0 Å². The quantitative estimate of drug-likeness (QED) is 0.861. The van der Waals surface area contributed by atoms with Crippen LogP contribution in [-0.4, -0.2) is 40.0 Å². The Balaban J connectivity index is 3.79. The third kappa shape index (κ3) is 3.66. The lowest BCUT2D eigenvalue weighted by atomic mass is 9.80. The number of carboxylic acids is 1. The molecule has 0 aromatic heterocycles. The smallest absolute Gasteiger partial charge is 0.304 e. The van der Waals surface area contributed by atoms with Crippen LogP contribution in [0.3, 0.4) is 0 Å². The third-order valence-electron chi connectivity index (χ3n) is 3.16. The van der Waals surface area contributed by atoms with E-state index in [0.717, 1.165) is 6.26 Å². The first kappa shape index (κ1) is 17.3. The van der Waals surface area contributed by atoms with Crippen molar-refractivity contribution in [3.8, 4) is 11.5 Å². The van der Waals surface area contributed by atoms with Crippen molar-refractivity contribution in [1.82, 2.24) is 0 Å². The van der Waals surface area contributed by atoms with Crippen molar-refractivity contribution >= 4 is 15.8 Å². The molecule has 6 nitrogen and oxygen atoms in total. The molecule has 0 aliphatic carbocycles. The van der Waals surface area contributed by atoms with Crippen molar-refractivity contribution < 1.29 is 27.8 Å². The highest BCUT2D eigenvalue weighted by Gasteiger charge is 2.35. The number of sulfone groups is 1. The number of aliphatic carboxylic acids is 1. The van der Waals surface area contributed by atoms with Gasteiger partial charge in [0.1, 0.15) is 16.4 Å². The zero-order valence-corrected chi connectivity index (χ0v) is 13.6. The molecule has 0 aliphatic heterocycles. The zero-order chi connectivity index (χ0) is 16.4. The average molecular weight is 316 g/mol. The van der Waals surface area contributed by atoms with Gasteiger partial charge in [-0.15, -0.1) is 0 Å². The first-order valence-corrected chi connectivity index (χ1v) is 8.11. The third-order valence-corrected chi connectivity index (χ3v) is 4.31. The van der Waals surface area contributed by atoms with Gasteiger partial charge in [0.15, 0.2) is 9.84 Å². The summed E-state index contributed by atoms with van der Waals surface area (Å²) in [6.45, 7) is 3.32. The van der Waals surface area contributed by atoms with Gasteiger partial charge in [0.2, 0.25) is 0 Å². The highest BCUT2D eigenvalue weighted by atomic mass is 32.2. The van der Waals surface area contributed by atoms with E-state index in [1.165, 1.54) is 20.3 Å². The summed E-state index contributed by atoms with van der Waals surface area (Å²) in [4.78, 5) is 11.0. The van der Waals surface area contributed by atoms with Crippen LogP contribution in [0.4, 0.5) is 0 Å². The van der Waals surface area contributed by atoms with Gasteiger partial charge in [-0.3, -0.25) is 4.79 Å². The number of carbonyl (C=O) groups is 1. The van der Waals surface area contributed by atoms with Crippen molar-refractivity contribution in [2.45, 2.75) is 30.6 Å². The Morgan fingerprint density at radius 2 is 1.67 bits per heavy atom. The predicted molar refractivity (Wildman–Crippen MR) is 77.9 cm³/mol. The summed E-state index contributed by atoms with van der Waals surface area (Å²) in [5, 5.41) is 9.07. The van der Waals surface area contributed by atoms with Crippen LogP contribution in [0.15, 0.2) is 17.0 Å². The topological polar surface area (TPSA) is 89.9 Å². The van der Waals surface area contributed by atoms with E-state index in [2.05, 4.69) is 0 Å². The molecule has 0 aliphatic rings. The van der Waals surface area contributed by atoms with Gasteiger partial charge >= 0.3 is 5.97 Å². The van der Waals surface area contributed by atoms with Crippen LogP contribution in [0, 0.1) is 0 Å². The molecule has 1 aromatic carbocycles. The van der Waals surface area contributed by atoms with E-state index in [1.807, 2.05) is 0 Å². The molecule has 0 heterocycles. The number of benzene rings is 1. The first-order valence-electron chi connectivity index (χ1n) is 6.22. The molecular formula is C14H20O6S. The molecule has 0 amide bonds. The molecule has 0 fully saturated rings. The van der Waals surface area contributed by atoms with Crippen molar-refractivity contribution in [1.29, 1.82) is 0 Å². The molecule has 0 unspecified atom stereocenters. The van der Waals surface area contributed by atoms with Gasteiger partial charge in [0, 0.05) is 17.2 Å². The Labute approximate surface area is 124 Å². The second-order valence-electron chi connectivity index (χ2n) is 5.40. The summed E-state index contributed by atoms with van der Waals surface area (Å²) in [6, 6.07) is 3.07. The van der Waals surface area contributed by atoms with Gasteiger partial charge in [-0.05, 0) is 12.1 Å². The molecule has 1 aromatic rings. The number of carboxylic acid groups (broad SMARTS) is 1. The summed E-state index contributed by atoms with van der Waals surface area (Å²) in [7, 11) is -0.849.